The molecule has 0 aromatic carbocycles. The molecule has 1 aliphatic carbocycles. The summed E-state index contributed by atoms with van der Waals surface area (Å²) in [6, 6.07) is 3.81. The zero-order chi connectivity index (χ0) is 14.4. The first-order chi connectivity index (χ1) is 10.2. The van der Waals surface area contributed by atoms with Crippen molar-refractivity contribution < 1.29 is 14.3 Å². The van der Waals surface area contributed by atoms with Crippen LogP contribution in [0.15, 0.2) is 53.9 Å². The van der Waals surface area contributed by atoms with Crippen LogP contribution in [0.3, 0.4) is 0 Å². The molecule has 108 valence electrons. The van der Waals surface area contributed by atoms with Crippen molar-refractivity contribution in [1.82, 2.24) is 10.3 Å². The summed E-state index contributed by atoms with van der Waals surface area (Å²) in [7, 11) is 0. The monoisotopic (exact) mass is 284 g/mol. The Labute approximate surface area is 122 Å². The van der Waals surface area contributed by atoms with Gasteiger partial charge in [0.2, 0.25) is 5.91 Å². The summed E-state index contributed by atoms with van der Waals surface area (Å²) in [5.74, 6) is -0.375. The van der Waals surface area contributed by atoms with Crippen molar-refractivity contribution in [3.05, 3.63) is 59.6 Å². The fourth-order valence-electron chi connectivity index (χ4n) is 2.88. The summed E-state index contributed by atoms with van der Waals surface area (Å²) in [5.41, 5.74) is 3.50. The number of amides is 1. The second-order valence-corrected chi connectivity index (χ2v) is 5.49. The lowest BCUT2D eigenvalue weighted by molar-refractivity contribution is -0.120. The molecule has 2 N–H and O–H groups in total. The number of H-pyrrole nitrogens is 1. The highest BCUT2D eigenvalue weighted by atomic mass is 16.6. The number of rotatable bonds is 4. The molecule has 5 nitrogen and oxygen atoms in total. The predicted molar refractivity (Wildman–Crippen MR) is 76.5 cm³/mol. The van der Waals surface area contributed by atoms with Crippen molar-refractivity contribution in [2.75, 3.05) is 13.2 Å². The molecule has 3 atom stereocenters. The first-order valence-corrected chi connectivity index (χ1v) is 7.02. The number of aromatic nitrogens is 1. The summed E-state index contributed by atoms with van der Waals surface area (Å²) in [5, 5.41) is 2.93. The molecule has 1 amide bonds. The molecule has 21 heavy (non-hydrogen) atoms. The Balaban J connectivity index is 1.68. The number of hydrogen-bond donors (Lipinski definition) is 2. The fourth-order valence-corrected chi connectivity index (χ4v) is 2.88. The quantitative estimate of drug-likeness (QED) is 0.821. The van der Waals surface area contributed by atoms with Crippen molar-refractivity contribution in [3.8, 4) is 0 Å². The largest absolute Gasteiger partial charge is 0.371 e. The minimum absolute atomic E-state index is 0.0296. The number of carbonyl (C=O) groups is 1. The number of aromatic amines is 1. The SMILES string of the molecule is C=C1C=CC2=C(C1OCC1CO1)C(c1ccc[nH]1)C(=O)N2. The molecular formula is C16H16N2O3. The maximum Gasteiger partial charge on any atom is 0.237 e. The summed E-state index contributed by atoms with van der Waals surface area (Å²) in [6.45, 7) is 5.34. The molecule has 0 spiro atoms. The Hall–Kier alpha value is -2.11. The van der Waals surface area contributed by atoms with Gasteiger partial charge in [-0.3, -0.25) is 4.79 Å². The molecule has 0 radical (unpaired) electrons. The standard InChI is InChI=1S/C16H16N2O3/c1-9-4-5-12-13(15(9)21-8-10-7-20-10)14(16(19)18-12)11-3-2-6-17-11/h2-6,10,14-15,17H,1,7-8H2,(H,18,19). The van der Waals surface area contributed by atoms with Gasteiger partial charge in [0.25, 0.3) is 0 Å². The molecule has 3 heterocycles. The maximum atomic E-state index is 12.3. The topological polar surface area (TPSA) is 66.6 Å². The Morgan fingerprint density at radius 2 is 2.29 bits per heavy atom. The third-order valence-corrected chi connectivity index (χ3v) is 4.01. The molecule has 1 saturated heterocycles. The van der Waals surface area contributed by atoms with Crippen molar-refractivity contribution in [2.45, 2.75) is 18.1 Å². The summed E-state index contributed by atoms with van der Waals surface area (Å²) >= 11 is 0. The van der Waals surface area contributed by atoms with Crippen LogP contribution in [0.4, 0.5) is 0 Å². The van der Waals surface area contributed by atoms with Gasteiger partial charge in [-0.25, -0.2) is 0 Å². The van der Waals surface area contributed by atoms with E-state index in [4.69, 9.17) is 9.47 Å². The summed E-state index contributed by atoms with van der Waals surface area (Å²) in [4.78, 5) is 15.5. The average molecular weight is 284 g/mol. The molecule has 0 saturated carbocycles. The zero-order valence-electron chi connectivity index (χ0n) is 11.5. The number of hydrogen-bond acceptors (Lipinski definition) is 3. The van der Waals surface area contributed by atoms with Gasteiger partial charge in [-0.05, 0) is 23.8 Å². The van der Waals surface area contributed by atoms with E-state index >= 15 is 0 Å². The van der Waals surface area contributed by atoms with Crippen molar-refractivity contribution in [3.63, 3.8) is 0 Å². The Kier molecular flexibility index (Phi) is 2.83. The van der Waals surface area contributed by atoms with E-state index in [0.717, 1.165) is 29.1 Å². The number of nitrogens with one attached hydrogen (secondary N) is 2. The van der Waals surface area contributed by atoms with Crippen LogP contribution in [0.2, 0.25) is 0 Å². The van der Waals surface area contributed by atoms with Crippen LogP contribution < -0.4 is 5.32 Å². The van der Waals surface area contributed by atoms with Gasteiger partial charge in [0.15, 0.2) is 0 Å². The molecule has 3 aliphatic rings. The third-order valence-electron chi connectivity index (χ3n) is 4.01. The van der Waals surface area contributed by atoms with Crippen molar-refractivity contribution in [2.24, 2.45) is 0 Å². The molecule has 4 rings (SSSR count). The minimum Gasteiger partial charge on any atom is -0.371 e. The van der Waals surface area contributed by atoms with E-state index in [1.54, 1.807) is 0 Å². The van der Waals surface area contributed by atoms with Gasteiger partial charge in [0.1, 0.15) is 18.1 Å². The molecule has 1 aromatic rings. The lowest BCUT2D eigenvalue weighted by Gasteiger charge is -2.25. The number of ether oxygens (including phenoxy) is 2. The van der Waals surface area contributed by atoms with Gasteiger partial charge in [0.05, 0.1) is 13.2 Å². The lowest BCUT2D eigenvalue weighted by Crippen LogP contribution is -2.26. The van der Waals surface area contributed by atoms with E-state index in [-0.39, 0.29) is 24.0 Å². The van der Waals surface area contributed by atoms with Crippen LogP contribution in [-0.4, -0.2) is 36.3 Å². The fraction of sp³-hybridized carbons (Fsp3) is 0.312. The van der Waals surface area contributed by atoms with Gasteiger partial charge in [0, 0.05) is 23.2 Å². The van der Waals surface area contributed by atoms with Gasteiger partial charge in [-0.2, -0.15) is 0 Å². The van der Waals surface area contributed by atoms with Gasteiger partial charge >= 0.3 is 0 Å². The smallest absolute Gasteiger partial charge is 0.237 e. The summed E-state index contributed by atoms with van der Waals surface area (Å²) < 4.78 is 11.2. The first kappa shape index (κ1) is 12.6. The molecule has 1 aromatic heterocycles. The van der Waals surface area contributed by atoms with Crippen LogP contribution in [0.1, 0.15) is 11.6 Å². The van der Waals surface area contributed by atoms with E-state index in [1.807, 2.05) is 30.5 Å². The Morgan fingerprint density at radius 3 is 3.00 bits per heavy atom. The third kappa shape index (κ3) is 2.14. The number of carbonyl (C=O) groups excluding carboxylic acids is 1. The molecular weight excluding hydrogens is 268 g/mol. The van der Waals surface area contributed by atoms with Gasteiger partial charge in [-0.15, -0.1) is 0 Å². The molecule has 5 heteroatoms. The van der Waals surface area contributed by atoms with E-state index < -0.39 is 0 Å². The minimum atomic E-state index is -0.346. The highest BCUT2D eigenvalue weighted by Gasteiger charge is 2.41. The highest BCUT2D eigenvalue weighted by molar-refractivity contribution is 5.93. The molecule has 3 unspecified atom stereocenters. The second-order valence-electron chi connectivity index (χ2n) is 5.49. The Morgan fingerprint density at radius 1 is 1.43 bits per heavy atom. The molecule has 0 bridgehead atoms. The maximum absolute atomic E-state index is 12.3. The Bertz CT molecular complexity index is 653. The molecule has 2 aliphatic heterocycles. The second kappa shape index (κ2) is 4.72. The summed E-state index contributed by atoms with van der Waals surface area (Å²) in [6.07, 6.45) is 5.52. The number of allylic oxidation sites excluding steroid dienone is 1. The van der Waals surface area contributed by atoms with E-state index in [9.17, 15) is 4.79 Å². The van der Waals surface area contributed by atoms with Crippen LogP contribution >= 0.6 is 0 Å². The van der Waals surface area contributed by atoms with Crippen LogP contribution in [0.25, 0.3) is 0 Å². The average Bonchev–Trinajstić information content (AvgIpc) is 3.01. The van der Waals surface area contributed by atoms with E-state index in [2.05, 4.69) is 16.9 Å². The number of epoxide rings is 1. The van der Waals surface area contributed by atoms with E-state index in [1.165, 1.54) is 0 Å². The first-order valence-electron chi connectivity index (χ1n) is 7.02. The van der Waals surface area contributed by atoms with Gasteiger partial charge < -0.3 is 19.8 Å². The predicted octanol–water partition coefficient (Wildman–Crippen LogP) is 1.39. The lowest BCUT2D eigenvalue weighted by atomic mass is 9.86. The van der Waals surface area contributed by atoms with Crippen molar-refractivity contribution in [1.29, 1.82) is 0 Å². The van der Waals surface area contributed by atoms with Crippen LogP contribution in [-0.2, 0) is 14.3 Å². The zero-order valence-corrected chi connectivity index (χ0v) is 11.5. The van der Waals surface area contributed by atoms with Gasteiger partial charge in [-0.1, -0.05) is 12.7 Å². The molecule has 1 fully saturated rings. The highest BCUT2D eigenvalue weighted by Crippen LogP contribution is 2.39. The van der Waals surface area contributed by atoms with E-state index in [0.29, 0.717) is 6.61 Å². The normalized spacial score (nSPS) is 30.6. The van der Waals surface area contributed by atoms with Crippen molar-refractivity contribution >= 4 is 5.91 Å². The van der Waals surface area contributed by atoms with Crippen LogP contribution in [0.5, 0.6) is 0 Å². The van der Waals surface area contributed by atoms with Crippen LogP contribution in [0, 0.1) is 0 Å².